The van der Waals surface area contributed by atoms with E-state index < -0.39 is 18.1 Å². The summed E-state index contributed by atoms with van der Waals surface area (Å²) < 4.78 is 0. The number of nitrogens with zero attached hydrogens (tertiary/aromatic N) is 1. The number of rotatable bonds is 8. The van der Waals surface area contributed by atoms with Gasteiger partial charge in [0, 0.05) is 18.1 Å². The van der Waals surface area contributed by atoms with Gasteiger partial charge in [-0.25, -0.2) is 0 Å². The van der Waals surface area contributed by atoms with E-state index in [1.165, 1.54) is 19.3 Å². The van der Waals surface area contributed by atoms with E-state index in [1.54, 1.807) is 30.0 Å². The number of aliphatic hydroxyl groups is 1. The van der Waals surface area contributed by atoms with Gasteiger partial charge in [-0.15, -0.1) is 0 Å². The van der Waals surface area contributed by atoms with Crippen molar-refractivity contribution in [1.82, 2.24) is 10.2 Å². The molecule has 0 saturated heterocycles. The van der Waals surface area contributed by atoms with Gasteiger partial charge in [0.1, 0.15) is 0 Å². The van der Waals surface area contributed by atoms with E-state index in [-0.39, 0.29) is 6.54 Å². The summed E-state index contributed by atoms with van der Waals surface area (Å²) in [5.41, 5.74) is 0.857. The van der Waals surface area contributed by atoms with Gasteiger partial charge < -0.3 is 15.3 Å². The smallest absolute Gasteiger partial charge is 0.251 e. The number of benzene rings is 1. The molecule has 0 radical (unpaired) electrons. The predicted octanol–water partition coefficient (Wildman–Crippen LogP) is 2.74. The van der Waals surface area contributed by atoms with Gasteiger partial charge in [-0.3, -0.25) is 9.59 Å². The molecule has 5 nitrogen and oxygen atoms in total. The maximum absolute atomic E-state index is 12.2. The van der Waals surface area contributed by atoms with Crippen LogP contribution in [0.3, 0.4) is 0 Å². The topological polar surface area (TPSA) is 69.6 Å². The molecule has 1 fully saturated rings. The summed E-state index contributed by atoms with van der Waals surface area (Å²) in [6.45, 7) is 2.59. The number of hydrogen-bond acceptors (Lipinski definition) is 3. The maximum atomic E-state index is 12.2. The number of hydrogen-bond donors (Lipinski definition) is 2. The molecule has 2 amide bonds. The zero-order valence-electron chi connectivity index (χ0n) is 14.7. The molecular formula is C19H27ClN2O3. The maximum Gasteiger partial charge on any atom is 0.251 e. The highest BCUT2D eigenvalue weighted by Gasteiger charge is 2.28. The lowest BCUT2D eigenvalue weighted by Crippen LogP contribution is -2.50. The standard InChI is InChI=1S/C19H27ClN2O3/c1-14(22(13-23)12-15-6-3-2-4-7-15)18(24)19(25)21-11-16-8-5-9-17(20)10-16/h5,8-10,13-15,18,24H,2-4,6-7,11-12H2,1H3,(H,21,25). The monoisotopic (exact) mass is 366 g/mol. The minimum atomic E-state index is -1.26. The molecule has 2 rings (SSSR count). The van der Waals surface area contributed by atoms with Crippen molar-refractivity contribution in [2.75, 3.05) is 6.54 Å². The van der Waals surface area contributed by atoms with Crippen molar-refractivity contribution < 1.29 is 14.7 Å². The average molecular weight is 367 g/mol. The van der Waals surface area contributed by atoms with Crippen molar-refractivity contribution in [3.63, 3.8) is 0 Å². The van der Waals surface area contributed by atoms with Crippen molar-refractivity contribution in [2.24, 2.45) is 5.92 Å². The number of nitrogens with one attached hydrogen (secondary N) is 1. The quantitative estimate of drug-likeness (QED) is 0.695. The van der Waals surface area contributed by atoms with Crippen LogP contribution in [-0.4, -0.2) is 41.0 Å². The van der Waals surface area contributed by atoms with Crippen LogP contribution in [0.2, 0.25) is 5.02 Å². The highest BCUT2D eigenvalue weighted by Crippen LogP contribution is 2.25. The number of halogens is 1. The molecule has 1 aromatic carbocycles. The lowest BCUT2D eigenvalue weighted by atomic mass is 9.88. The molecule has 2 atom stereocenters. The third-order valence-corrected chi connectivity index (χ3v) is 5.17. The normalized spacial score (nSPS) is 17.6. The predicted molar refractivity (Wildman–Crippen MR) is 98.1 cm³/mol. The molecule has 2 N–H and O–H groups in total. The molecule has 0 spiro atoms. The zero-order valence-corrected chi connectivity index (χ0v) is 15.4. The Morgan fingerprint density at radius 2 is 2.12 bits per heavy atom. The molecule has 25 heavy (non-hydrogen) atoms. The first-order chi connectivity index (χ1) is 12.0. The first kappa shape index (κ1) is 19.7. The second-order valence-corrected chi connectivity index (χ2v) is 7.28. The highest BCUT2D eigenvalue weighted by atomic mass is 35.5. The van der Waals surface area contributed by atoms with Crippen LogP contribution in [0.5, 0.6) is 0 Å². The van der Waals surface area contributed by atoms with Crippen molar-refractivity contribution in [3.05, 3.63) is 34.9 Å². The third-order valence-electron chi connectivity index (χ3n) is 4.93. The summed E-state index contributed by atoms with van der Waals surface area (Å²) in [7, 11) is 0. The van der Waals surface area contributed by atoms with Crippen LogP contribution in [0.25, 0.3) is 0 Å². The fraction of sp³-hybridized carbons (Fsp3) is 0.579. The Morgan fingerprint density at radius 1 is 1.40 bits per heavy atom. The number of aliphatic hydroxyl groups excluding tert-OH is 1. The van der Waals surface area contributed by atoms with E-state index in [1.807, 2.05) is 6.07 Å². The van der Waals surface area contributed by atoms with E-state index in [0.29, 0.717) is 17.5 Å². The highest BCUT2D eigenvalue weighted by molar-refractivity contribution is 6.30. The molecule has 1 aliphatic rings. The van der Waals surface area contributed by atoms with E-state index in [4.69, 9.17) is 11.6 Å². The lowest BCUT2D eigenvalue weighted by molar-refractivity contribution is -0.135. The van der Waals surface area contributed by atoms with Crippen LogP contribution in [-0.2, 0) is 16.1 Å². The second kappa shape index (κ2) is 9.78. The van der Waals surface area contributed by atoms with Crippen molar-refractivity contribution in [2.45, 2.75) is 57.7 Å². The Kier molecular flexibility index (Phi) is 7.72. The Hall–Kier alpha value is -1.59. The summed E-state index contributed by atoms with van der Waals surface area (Å²) >= 11 is 5.92. The summed E-state index contributed by atoms with van der Waals surface area (Å²) in [6.07, 6.45) is 5.33. The van der Waals surface area contributed by atoms with E-state index >= 15 is 0 Å². The van der Waals surface area contributed by atoms with Gasteiger partial charge in [0.25, 0.3) is 5.91 Å². The molecule has 1 aliphatic carbocycles. The van der Waals surface area contributed by atoms with Crippen molar-refractivity contribution >= 4 is 23.9 Å². The van der Waals surface area contributed by atoms with Crippen LogP contribution in [0.4, 0.5) is 0 Å². The van der Waals surface area contributed by atoms with Crippen LogP contribution in [0.15, 0.2) is 24.3 Å². The summed E-state index contributed by atoms with van der Waals surface area (Å²) in [5, 5.41) is 13.6. The number of carbonyl (C=O) groups is 2. The molecule has 0 aliphatic heterocycles. The van der Waals surface area contributed by atoms with E-state index in [9.17, 15) is 14.7 Å². The fourth-order valence-corrected chi connectivity index (χ4v) is 3.53. The molecular weight excluding hydrogens is 340 g/mol. The minimum Gasteiger partial charge on any atom is -0.381 e. The summed E-state index contributed by atoms with van der Waals surface area (Å²) in [6, 6.07) is 6.62. The Bertz CT molecular complexity index is 576. The SMILES string of the molecule is CC(C(O)C(=O)NCc1cccc(Cl)c1)N(C=O)CC1CCCCC1. The minimum absolute atomic E-state index is 0.285. The average Bonchev–Trinajstić information content (AvgIpc) is 2.64. The van der Waals surface area contributed by atoms with Crippen LogP contribution >= 0.6 is 11.6 Å². The van der Waals surface area contributed by atoms with Crippen LogP contribution < -0.4 is 5.32 Å². The zero-order chi connectivity index (χ0) is 18.2. The first-order valence-electron chi connectivity index (χ1n) is 8.92. The summed E-state index contributed by atoms with van der Waals surface area (Å²) in [4.78, 5) is 25.2. The fourth-order valence-electron chi connectivity index (χ4n) is 3.31. The molecule has 1 saturated carbocycles. The molecule has 2 unspecified atom stereocenters. The van der Waals surface area contributed by atoms with Crippen molar-refractivity contribution in [3.8, 4) is 0 Å². The molecule has 1 aromatic rings. The number of amides is 2. The molecule has 138 valence electrons. The molecule has 6 heteroatoms. The lowest BCUT2D eigenvalue weighted by Gasteiger charge is -2.33. The van der Waals surface area contributed by atoms with Crippen LogP contribution in [0.1, 0.15) is 44.6 Å². The van der Waals surface area contributed by atoms with Gasteiger partial charge in [-0.05, 0) is 43.4 Å². The van der Waals surface area contributed by atoms with Gasteiger partial charge >= 0.3 is 0 Å². The van der Waals surface area contributed by atoms with Gasteiger partial charge in [-0.2, -0.15) is 0 Å². The molecule has 0 heterocycles. The number of carbonyl (C=O) groups excluding carboxylic acids is 2. The van der Waals surface area contributed by atoms with E-state index in [0.717, 1.165) is 24.8 Å². The van der Waals surface area contributed by atoms with E-state index in [2.05, 4.69) is 5.32 Å². The Morgan fingerprint density at radius 3 is 2.76 bits per heavy atom. The second-order valence-electron chi connectivity index (χ2n) is 6.84. The van der Waals surface area contributed by atoms with Gasteiger partial charge in [0.15, 0.2) is 6.10 Å². The van der Waals surface area contributed by atoms with Gasteiger partial charge in [0.2, 0.25) is 6.41 Å². The molecule has 0 bridgehead atoms. The first-order valence-corrected chi connectivity index (χ1v) is 9.30. The van der Waals surface area contributed by atoms with Crippen LogP contribution in [0, 0.1) is 5.92 Å². The summed E-state index contributed by atoms with van der Waals surface area (Å²) in [5.74, 6) is -0.0221. The third kappa shape index (κ3) is 6.01. The molecule has 0 aromatic heterocycles. The van der Waals surface area contributed by atoms with Gasteiger partial charge in [-0.1, -0.05) is 43.0 Å². The van der Waals surface area contributed by atoms with Crippen molar-refractivity contribution in [1.29, 1.82) is 0 Å². The largest absolute Gasteiger partial charge is 0.381 e. The van der Waals surface area contributed by atoms with Gasteiger partial charge in [0.05, 0.1) is 6.04 Å². The Labute approximate surface area is 154 Å². The Balaban J connectivity index is 1.86.